The van der Waals surface area contributed by atoms with Crippen LogP contribution in [0, 0.1) is 5.82 Å². The minimum Gasteiger partial charge on any atom is -0.402 e. The van der Waals surface area contributed by atoms with Crippen LogP contribution in [0.25, 0.3) is 6.08 Å². The van der Waals surface area contributed by atoms with Gasteiger partial charge >= 0.3 is 5.97 Å². The third-order valence-electron chi connectivity index (χ3n) is 3.10. The maximum Gasteiger partial charge on any atom is 0.363 e. The van der Waals surface area contributed by atoms with Crippen LogP contribution in [-0.4, -0.2) is 11.9 Å². The Kier molecular flexibility index (Phi) is 4.48. The van der Waals surface area contributed by atoms with Crippen LogP contribution in [0.3, 0.4) is 0 Å². The van der Waals surface area contributed by atoms with Gasteiger partial charge in [-0.3, -0.25) is 0 Å². The number of carbonyl (C=O) groups is 1. The van der Waals surface area contributed by atoms with Gasteiger partial charge in [0.25, 0.3) is 0 Å². The van der Waals surface area contributed by atoms with Gasteiger partial charge in [0.1, 0.15) is 5.82 Å². The highest BCUT2D eigenvalue weighted by Gasteiger charge is 2.25. The number of rotatable bonds is 3. The highest BCUT2D eigenvalue weighted by atomic mass is 79.9. The standard InChI is InChI=1S/C18H11BrFNO2/c19-13(10-12-6-2-1-3-7-12)11-16-18(22)23-17(21-16)14-8-4-5-9-15(14)20/h1-11H. The smallest absolute Gasteiger partial charge is 0.363 e. The van der Waals surface area contributed by atoms with Crippen molar-refractivity contribution in [2.75, 3.05) is 0 Å². The molecule has 0 atom stereocenters. The van der Waals surface area contributed by atoms with Gasteiger partial charge in [-0.05, 0) is 29.8 Å². The Labute approximate surface area is 140 Å². The molecular formula is C18H11BrFNO2. The molecule has 1 aliphatic heterocycles. The molecule has 3 rings (SSSR count). The molecule has 114 valence electrons. The summed E-state index contributed by atoms with van der Waals surface area (Å²) >= 11 is 3.38. The van der Waals surface area contributed by atoms with Gasteiger partial charge in [0, 0.05) is 4.48 Å². The second-order valence-corrected chi connectivity index (χ2v) is 5.67. The zero-order valence-corrected chi connectivity index (χ0v) is 13.5. The fourth-order valence-electron chi connectivity index (χ4n) is 2.04. The van der Waals surface area contributed by atoms with Gasteiger partial charge in [-0.2, -0.15) is 0 Å². The lowest BCUT2D eigenvalue weighted by molar-refractivity contribution is -0.130. The van der Waals surface area contributed by atoms with Crippen molar-refractivity contribution in [2.45, 2.75) is 0 Å². The van der Waals surface area contributed by atoms with Crippen LogP contribution in [0.1, 0.15) is 11.1 Å². The number of nitrogens with zero attached hydrogens (tertiary/aromatic N) is 1. The monoisotopic (exact) mass is 371 g/mol. The second kappa shape index (κ2) is 6.71. The molecular weight excluding hydrogens is 361 g/mol. The van der Waals surface area contributed by atoms with Gasteiger partial charge in [-0.1, -0.05) is 58.4 Å². The normalized spacial score (nSPS) is 16.4. The molecule has 3 nitrogen and oxygen atoms in total. The molecule has 2 aromatic carbocycles. The fourth-order valence-corrected chi connectivity index (χ4v) is 2.52. The molecule has 1 heterocycles. The molecule has 5 heteroatoms. The summed E-state index contributed by atoms with van der Waals surface area (Å²) in [7, 11) is 0. The summed E-state index contributed by atoms with van der Waals surface area (Å²) in [6, 6.07) is 15.6. The zero-order chi connectivity index (χ0) is 16.2. The first-order valence-electron chi connectivity index (χ1n) is 6.83. The third kappa shape index (κ3) is 3.63. The second-order valence-electron chi connectivity index (χ2n) is 4.76. The first-order valence-corrected chi connectivity index (χ1v) is 7.62. The molecule has 0 spiro atoms. The number of ether oxygens (including phenoxy) is 1. The molecule has 0 fully saturated rings. The van der Waals surface area contributed by atoms with Gasteiger partial charge < -0.3 is 4.74 Å². The van der Waals surface area contributed by atoms with Crippen LogP contribution in [0.2, 0.25) is 0 Å². The summed E-state index contributed by atoms with van der Waals surface area (Å²) in [5.41, 5.74) is 1.25. The van der Waals surface area contributed by atoms with E-state index in [1.807, 2.05) is 36.4 Å². The molecule has 2 aromatic rings. The van der Waals surface area contributed by atoms with Crippen molar-refractivity contribution in [3.05, 3.63) is 87.8 Å². The molecule has 0 bridgehead atoms. The average Bonchev–Trinajstić information content (AvgIpc) is 2.89. The van der Waals surface area contributed by atoms with Crippen LogP contribution in [0.5, 0.6) is 0 Å². The summed E-state index contributed by atoms with van der Waals surface area (Å²) in [6.07, 6.45) is 3.39. The summed E-state index contributed by atoms with van der Waals surface area (Å²) in [5.74, 6) is -1.12. The Morgan fingerprint density at radius 2 is 1.78 bits per heavy atom. The van der Waals surface area contributed by atoms with E-state index in [9.17, 15) is 9.18 Å². The minimum atomic E-state index is -0.610. The van der Waals surface area contributed by atoms with Gasteiger partial charge in [0.05, 0.1) is 5.56 Å². The number of aliphatic imine (C=N–C) groups is 1. The number of hydrogen-bond acceptors (Lipinski definition) is 3. The molecule has 0 radical (unpaired) electrons. The maximum atomic E-state index is 13.7. The van der Waals surface area contributed by atoms with Crippen LogP contribution >= 0.6 is 15.9 Å². The van der Waals surface area contributed by atoms with E-state index in [0.717, 1.165) is 5.56 Å². The summed E-state index contributed by atoms with van der Waals surface area (Å²) < 4.78 is 19.4. The first-order chi connectivity index (χ1) is 11.1. The quantitative estimate of drug-likeness (QED) is 0.590. The lowest BCUT2D eigenvalue weighted by Crippen LogP contribution is -2.07. The number of hydrogen-bond donors (Lipinski definition) is 0. The largest absolute Gasteiger partial charge is 0.402 e. The number of esters is 1. The lowest BCUT2D eigenvalue weighted by Gasteiger charge is -1.99. The first kappa shape index (κ1) is 15.4. The Morgan fingerprint density at radius 1 is 1.09 bits per heavy atom. The van der Waals surface area contributed by atoms with Crippen LogP contribution in [0.4, 0.5) is 4.39 Å². The van der Waals surface area contributed by atoms with E-state index in [2.05, 4.69) is 20.9 Å². The fraction of sp³-hybridized carbons (Fsp3) is 0. The molecule has 0 amide bonds. The van der Waals surface area contributed by atoms with E-state index in [1.165, 1.54) is 12.1 Å². The SMILES string of the molecule is O=C1OC(c2ccccc2F)=NC1=CC(Br)=Cc1ccccc1. The molecule has 0 N–H and O–H groups in total. The lowest BCUT2D eigenvalue weighted by atomic mass is 10.2. The predicted octanol–water partition coefficient (Wildman–Crippen LogP) is 4.45. The summed E-state index contributed by atoms with van der Waals surface area (Å²) in [6.45, 7) is 0. The zero-order valence-electron chi connectivity index (χ0n) is 11.9. The number of allylic oxidation sites excluding steroid dienone is 2. The van der Waals surface area contributed by atoms with Crippen molar-refractivity contribution in [1.82, 2.24) is 0 Å². The maximum absolute atomic E-state index is 13.7. The Hall–Kier alpha value is -2.53. The van der Waals surface area contributed by atoms with Crippen molar-refractivity contribution >= 4 is 33.9 Å². The van der Waals surface area contributed by atoms with E-state index in [4.69, 9.17) is 4.74 Å². The van der Waals surface area contributed by atoms with Crippen LogP contribution in [-0.2, 0) is 9.53 Å². The van der Waals surface area contributed by atoms with Crippen molar-refractivity contribution in [1.29, 1.82) is 0 Å². The summed E-state index contributed by atoms with van der Waals surface area (Å²) in [4.78, 5) is 16.0. The molecule has 1 aliphatic rings. The van der Waals surface area contributed by atoms with Crippen molar-refractivity contribution < 1.29 is 13.9 Å². The van der Waals surface area contributed by atoms with E-state index < -0.39 is 11.8 Å². The molecule has 0 saturated carbocycles. The Bertz CT molecular complexity index is 841. The molecule has 0 saturated heterocycles. The van der Waals surface area contributed by atoms with Crippen molar-refractivity contribution in [2.24, 2.45) is 4.99 Å². The topological polar surface area (TPSA) is 38.7 Å². The van der Waals surface area contributed by atoms with Gasteiger partial charge in [-0.15, -0.1) is 0 Å². The van der Waals surface area contributed by atoms with Crippen molar-refractivity contribution in [3.63, 3.8) is 0 Å². The molecule has 0 aliphatic carbocycles. The Morgan fingerprint density at radius 3 is 2.52 bits per heavy atom. The highest BCUT2D eigenvalue weighted by Crippen LogP contribution is 2.22. The number of carbonyl (C=O) groups excluding carboxylic acids is 1. The number of halogens is 2. The van der Waals surface area contributed by atoms with E-state index >= 15 is 0 Å². The van der Waals surface area contributed by atoms with E-state index in [1.54, 1.807) is 18.2 Å². The van der Waals surface area contributed by atoms with Gasteiger partial charge in [0.2, 0.25) is 5.90 Å². The minimum absolute atomic E-state index is 0.0284. The predicted molar refractivity (Wildman–Crippen MR) is 90.5 cm³/mol. The van der Waals surface area contributed by atoms with Gasteiger partial charge in [0.15, 0.2) is 5.70 Å². The molecule has 23 heavy (non-hydrogen) atoms. The van der Waals surface area contributed by atoms with Crippen LogP contribution < -0.4 is 0 Å². The third-order valence-corrected chi connectivity index (χ3v) is 3.56. The number of cyclic esters (lactones) is 1. The van der Waals surface area contributed by atoms with E-state index in [-0.39, 0.29) is 17.2 Å². The molecule has 0 unspecified atom stereocenters. The summed E-state index contributed by atoms with van der Waals surface area (Å²) in [5, 5.41) is 0. The highest BCUT2D eigenvalue weighted by molar-refractivity contribution is 9.12. The van der Waals surface area contributed by atoms with Gasteiger partial charge in [-0.25, -0.2) is 14.2 Å². The molecule has 0 aromatic heterocycles. The number of benzene rings is 2. The van der Waals surface area contributed by atoms with E-state index in [0.29, 0.717) is 4.48 Å². The average molecular weight is 372 g/mol. The van der Waals surface area contributed by atoms with Crippen molar-refractivity contribution in [3.8, 4) is 0 Å². The van der Waals surface area contributed by atoms with Crippen LogP contribution in [0.15, 0.2) is 75.8 Å². The Balaban J connectivity index is 1.89.